The minimum atomic E-state index is -3.25. The van der Waals surface area contributed by atoms with Gasteiger partial charge in [0.05, 0.1) is 36.8 Å². The lowest BCUT2D eigenvalue weighted by atomic mass is 9.91. The number of carbonyl (C=O) groups excluding carboxylic acids is 3. The number of nitrogens with one attached hydrogen (secondary N) is 2. The van der Waals surface area contributed by atoms with E-state index in [1.165, 1.54) is 7.11 Å². The second kappa shape index (κ2) is 15.1. The lowest BCUT2D eigenvalue weighted by Gasteiger charge is -2.34. The van der Waals surface area contributed by atoms with Gasteiger partial charge < -0.3 is 24.7 Å². The van der Waals surface area contributed by atoms with Gasteiger partial charge in [0.2, 0.25) is 5.91 Å². The van der Waals surface area contributed by atoms with E-state index < -0.39 is 18.1 Å². The Morgan fingerprint density at radius 1 is 0.922 bits per heavy atom. The lowest BCUT2D eigenvalue weighted by Crippen LogP contribution is -2.51. The Hall–Kier alpha value is -6.37. The van der Waals surface area contributed by atoms with Crippen LogP contribution in [0.4, 0.5) is 24.1 Å². The fourth-order valence-electron chi connectivity index (χ4n) is 11.2. The third-order valence-corrected chi connectivity index (χ3v) is 14.8. The van der Waals surface area contributed by atoms with Crippen LogP contribution in [-0.4, -0.2) is 75.4 Å². The van der Waals surface area contributed by atoms with E-state index in [1.54, 1.807) is 30.5 Å². The van der Waals surface area contributed by atoms with Crippen LogP contribution in [0.2, 0.25) is 0 Å². The number of alkyl halides is 2. The third kappa shape index (κ3) is 6.77. The van der Waals surface area contributed by atoms with E-state index in [0.29, 0.717) is 52.7 Å². The Bertz CT molecular complexity index is 2750. The first kappa shape index (κ1) is 40.4. The van der Waals surface area contributed by atoms with Gasteiger partial charge in [-0.15, -0.1) is 0 Å². The highest BCUT2D eigenvalue weighted by Gasteiger charge is 2.55. The van der Waals surface area contributed by atoms with Crippen molar-refractivity contribution in [3.8, 4) is 33.5 Å². The zero-order valence-electron chi connectivity index (χ0n) is 36.1. The number of aromatic nitrogens is 2. The number of rotatable bonds is 9. The van der Waals surface area contributed by atoms with Crippen molar-refractivity contribution in [1.82, 2.24) is 25.1 Å². The molecule has 13 heteroatoms. The number of ether oxygens (including phenoxy) is 2. The number of nitrogens with zero attached hydrogens (tertiary/aromatic N) is 4. The number of likely N-dealkylation sites (tertiary alicyclic amines) is 2. The molecule has 6 aliphatic rings. The van der Waals surface area contributed by atoms with Gasteiger partial charge >= 0.3 is 12.2 Å². The molecule has 3 aliphatic carbocycles. The minimum Gasteiger partial charge on any atom is -0.453 e. The Morgan fingerprint density at radius 2 is 1.64 bits per heavy atom. The second-order valence-electron chi connectivity index (χ2n) is 19.1. The lowest BCUT2D eigenvalue weighted by molar-refractivity contribution is -0.135. The molecule has 2 saturated carbocycles. The number of halogens is 2. The van der Waals surface area contributed by atoms with Gasteiger partial charge in [0.25, 0.3) is 5.92 Å². The summed E-state index contributed by atoms with van der Waals surface area (Å²) in [5, 5.41) is 2.71. The van der Waals surface area contributed by atoms with Gasteiger partial charge in [-0.3, -0.25) is 14.7 Å². The quantitative estimate of drug-likeness (QED) is 0.152. The van der Waals surface area contributed by atoms with Crippen LogP contribution >= 0.6 is 0 Å². The minimum absolute atomic E-state index is 0.0221. The Balaban J connectivity index is 0.808. The maximum absolute atomic E-state index is 16.7. The molecule has 1 spiro atoms. The van der Waals surface area contributed by atoms with Crippen LogP contribution in [0.3, 0.4) is 0 Å². The summed E-state index contributed by atoms with van der Waals surface area (Å²) >= 11 is 0. The zero-order valence-corrected chi connectivity index (χ0v) is 36.1. The van der Waals surface area contributed by atoms with Crippen molar-refractivity contribution < 1.29 is 32.6 Å². The molecular formula is C51H50F2N6O5. The molecule has 1 aromatic heterocycles. The number of hydrogen-bond donors (Lipinski definition) is 2. The van der Waals surface area contributed by atoms with Crippen LogP contribution < -0.4 is 5.32 Å². The molecule has 5 atom stereocenters. The number of carbonyl (C=O) groups is 3. The summed E-state index contributed by atoms with van der Waals surface area (Å²) in [7, 11) is 1.27. The van der Waals surface area contributed by atoms with Crippen molar-refractivity contribution in [1.29, 1.82) is 0 Å². The molecule has 3 aliphatic heterocycles. The maximum Gasteiger partial charge on any atom is 0.410 e. The number of hydrogen-bond acceptors (Lipinski definition) is 7. The summed E-state index contributed by atoms with van der Waals surface area (Å²) in [4.78, 5) is 56.5. The molecular weight excluding hydrogens is 815 g/mol. The molecule has 4 fully saturated rings. The van der Waals surface area contributed by atoms with Crippen molar-refractivity contribution in [2.45, 2.75) is 95.5 Å². The average Bonchev–Trinajstić information content (AvgIpc) is 3.96. The molecule has 11 rings (SSSR count). The highest BCUT2D eigenvalue weighted by Crippen LogP contribution is 2.59. The Morgan fingerprint density at radius 3 is 2.38 bits per heavy atom. The number of benzene rings is 4. The van der Waals surface area contributed by atoms with Gasteiger partial charge in [0.15, 0.2) is 0 Å². The van der Waals surface area contributed by atoms with Crippen LogP contribution in [0, 0.1) is 17.3 Å². The number of H-pyrrole nitrogens is 1. The maximum atomic E-state index is 16.7. The molecule has 11 nitrogen and oxygen atoms in total. The number of aromatic amines is 1. The van der Waals surface area contributed by atoms with Gasteiger partial charge in [-0.1, -0.05) is 74.5 Å². The molecule has 328 valence electrons. The molecule has 2 bridgehead atoms. The third-order valence-electron chi connectivity index (χ3n) is 14.8. The molecule has 2 N–H and O–H groups in total. The van der Waals surface area contributed by atoms with E-state index in [-0.39, 0.29) is 59.2 Å². The summed E-state index contributed by atoms with van der Waals surface area (Å²) in [6.07, 6.45) is 6.99. The van der Waals surface area contributed by atoms with Crippen LogP contribution in [0.5, 0.6) is 0 Å². The topological polar surface area (TPSA) is 129 Å². The summed E-state index contributed by atoms with van der Waals surface area (Å²) in [6, 6.07) is 25.0. The second-order valence-corrected chi connectivity index (χ2v) is 19.1. The molecule has 4 aromatic carbocycles. The first-order valence-corrected chi connectivity index (χ1v) is 22.5. The molecule has 2 saturated heterocycles. The predicted octanol–water partition coefficient (Wildman–Crippen LogP) is 10.1. The predicted molar refractivity (Wildman–Crippen MR) is 237 cm³/mol. The normalized spacial score (nSPS) is 23.2. The van der Waals surface area contributed by atoms with Crippen molar-refractivity contribution in [3.63, 3.8) is 0 Å². The summed E-state index contributed by atoms with van der Waals surface area (Å²) in [5.41, 5.74) is 7.34. The molecule has 3 amide bonds. The SMILES string of the molecule is COC(=O)NC(C(=O)N1CC2(CC2)CC1c1ncc(-c2ccc3c(c2)C(F)(F)c2cc(-c4ccc5c(c4)CC(C4C6CCC(C6)N4C(=O)OCc4ccccc4)=N5)ccc2-3)[nH]1)C(C)C. The molecule has 5 unspecified atom stereocenters. The number of alkyl carbamates (subject to hydrolysis) is 1. The van der Waals surface area contributed by atoms with Gasteiger partial charge in [0.1, 0.15) is 18.5 Å². The number of imidazole rings is 1. The number of amides is 3. The fraction of sp³-hybridized carbons (Fsp3) is 0.392. The van der Waals surface area contributed by atoms with Gasteiger partial charge in [-0.25, -0.2) is 14.6 Å². The summed E-state index contributed by atoms with van der Waals surface area (Å²) in [5.74, 6) is -2.69. The summed E-state index contributed by atoms with van der Waals surface area (Å²) in [6.45, 7) is 4.55. The summed E-state index contributed by atoms with van der Waals surface area (Å²) < 4.78 is 44.0. The zero-order chi connectivity index (χ0) is 44.1. The van der Waals surface area contributed by atoms with Crippen LogP contribution in [0.1, 0.15) is 86.5 Å². The van der Waals surface area contributed by atoms with E-state index in [0.717, 1.165) is 66.6 Å². The molecule has 64 heavy (non-hydrogen) atoms. The van der Waals surface area contributed by atoms with Gasteiger partial charge in [-0.05, 0) is 113 Å². The van der Waals surface area contributed by atoms with Crippen LogP contribution in [0.25, 0.3) is 33.5 Å². The number of aliphatic imine (C=N–C) groups is 1. The van der Waals surface area contributed by atoms with Crippen molar-refractivity contribution >= 4 is 29.5 Å². The molecule has 0 radical (unpaired) electrons. The Kier molecular flexibility index (Phi) is 9.55. The van der Waals surface area contributed by atoms with E-state index in [2.05, 4.69) is 16.4 Å². The first-order valence-electron chi connectivity index (χ1n) is 22.5. The molecule has 5 aromatic rings. The van der Waals surface area contributed by atoms with Crippen molar-refractivity contribution in [2.24, 2.45) is 22.2 Å². The largest absolute Gasteiger partial charge is 0.453 e. The number of piperidine rings is 1. The molecule has 4 heterocycles. The van der Waals surface area contributed by atoms with Gasteiger partial charge in [0, 0.05) is 41.4 Å². The van der Waals surface area contributed by atoms with Gasteiger partial charge in [-0.2, -0.15) is 8.78 Å². The van der Waals surface area contributed by atoms with E-state index in [9.17, 15) is 14.4 Å². The number of fused-ring (bicyclic) bond motifs is 6. The highest BCUT2D eigenvalue weighted by atomic mass is 19.3. The van der Waals surface area contributed by atoms with E-state index in [4.69, 9.17) is 19.5 Å². The smallest absolute Gasteiger partial charge is 0.410 e. The fourth-order valence-corrected chi connectivity index (χ4v) is 11.2. The first-order chi connectivity index (χ1) is 30.9. The van der Waals surface area contributed by atoms with E-state index >= 15 is 8.78 Å². The average molecular weight is 865 g/mol. The Labute approximate surface area is 370 Å². The monoisotopic (exact) mass is 864 g/mol. The van der Waals surface area contributed by atoms with Crippen LogP contribution in [0.15, 0.2) is 96.1 Å². The number of methoxy groups -OCH3 is 1. The van der Waals surface area contributed by atoms with Crippen molar-refractivity contribution in [2.75, 3.05) is 13.7 Å². The van der Waals surface area contributed by atoms with Crippen LogP contribution in [-0.2, 0) is 33.2 Å². The highest BCUT2D eigenvalue weighted by molar-refractivity contribution is 6.00. The van der Waals surface area contributed by atoms with Crippen molar-refractivity contribution in [3.05, 3.63) is 119 Å². The standard InChI is InChI=1S/C51H50F2N6O5/c1-28(2)44(57-48(61)63-3)47(60)58-27-50(17-18-50)24-43(58)46-54-25-42(56-46)32-11-15-37-36-14-10-31(21-38(36)51(52,53)39(37)22-32)30-12-16-40-34(19-30)23-41(55-40)45-33-9-13-35(20-33)59(45)49(62)64-26-29-7-5-4-6-8-29/h4-8,10-12,14-16,19,21-22,25,28,33,35,43-45H,9,13,17-18,20,23-24,26-27H2,1-3H3,(H,54,56)(H,57,61). The van der Waals surface area contributed by atoms with E-state index in [1.807, 2.05) is 78.2 Å².